The van der Waals surface area contributed by atoms with Crippen LogP contribution < -0.4 is 0 Å². The van der Waals surface area contributed by atoms with Crippen LogP contribution >= 0.6 is 0 Å². The summed E-state index contributed by atoms with van der Waals surface area (Å²) < 4.78 is 27.1. The van der Waals surface area contributed by atoms with Gasteiger partial charge in [-0.15, -0.1) is 0 Å². The molecular weight excluding hydrogens is 364 g/mol. The quantitative estimate of drug-likeness (QED) is 0.681. The molecule has 2 spiro atoms. The van der Waals surface area contributed by atoms with Gasteiger partial charge in [-0.2, -0.15) is 0 Å². The van der Waals surface area contributed by atoms with Crippen molar-refractivity contribution in [3.8, 4) is 0 Å². The largest absolute Gasteiger partial charge is 0.342 e. The lowest BCUT2D eigenvalue weighted by atomic mass is 9.72. The first-order valence-electron chi connectivity index (χ1n) is 10.4. The zero-order valence-corrected chi connectivity index (χ0v) is 17.6. The number of piperidine rings is 2. The third kappa shape index (κ3) is 3.91. The molecule has 4 aliphatic rings. The summed E-state index contributed by atoms with van der Waals surface area (Å²) >= 11 is 0. The summed E-state index contributed by atoms with van der Waals surface area (Å²) in [5, 5.41) is 0. The van der Waals surface area contributed by atoms with E-state index >= 15 is 0 Å². The minimum atomic E-state index is -3.13. The van der Waals surface area contributed by atoms with E-state index < -0.39 is 10.0 Å². The average Bonchev–Trinajstić information content (AvgIpc) is 2.57. The summed E-state index contributed by atoms with van der Waals surface area (Å²) in [6.45, 7) is 9.60. The van der Waals surface area contributed by atoms with Crippen LogP contribution in [0, 0.1) is 10.8 Å². The number of carbonyl (C=O) groups excluding carboxylic acids is 1. The smallest absolute Gasteiger partial charge is 0.219 e. The molecule has 154 valence electrons. The highest BCUT2D eigenvalue weighted by atomic mass is 32.2. The molecule has 0 aliphatic carbocycles. The van der Waals surface area contributed by atoms with Crippen LogP contribution in [0.15, 0.2) is 0 Å². The minimum Gasteiger partial charge on any atom is -0.342 e. The summed E-state index contributed by atoms with van der Waals surface area (Å²) in [6, 6.07) is 0. The van der Waals surface area contributed by atoms with E-state index in [0.29, 0.717) is 12.0 Å². The van der Waals surface area contributed by atoms with Crippen LogP contribution in [0.4, 0.5) is 0 Å². The number of hydrogen-bond donors (Lipinski definition) is 0. The SMILES string of the molecule is CC(=O)N1CC2(CCN(CCS(=O)(=O)N3CC4(CCN(C)CC4)C3)CC2)C1. The monoisotopic (exact) mass is 398 g/mol. The Morgan fingerprint density at radius 1 is 0.889 bits per heavy atom. The van der Waals surface area contributed by atoms with E-state index in [4.69, 9.17) is 0 Å². The first kappa shape index (κ1) is 19.6. The van der Waals surface area contributed by atoms with Gasteiger partial charge < -0.3 is 14.7 Å². The molecule has 0 N–H and O–H groups in total. The van der Waals surface area contributed by atoms with Gasteiger partial charge >= 0.3 is 0 Å². The molecule has 0 radical (unpaired) electrons. The van der Waals surface area contributed by atoms with E-state index in [0.717, 1.165) is 78.0 Å². The second kappa shape index (κ2) is 6.97. The summed E-state index contributed by atoms with van der Waals surface area (Å²) in [7, 11) is -0.984. The molecule has 4 saturated heterocycles. The lowest BCUT2D eigenvalue weighted by molar-refractivity contribution is -0.144. The van der Waals surface area contributed by atoms with E-state index in [-0.39, 0.29) is 17.1 Å². The lowest BCUT2D eigenvalue weighted by Gasteiger charge is -2.54. The number of sulfonamides is 1. The van der Waals surface area contributed by atoms with Gasteiger partial charge in [-0.05, 0) is 58.9 Å². The standard InChI is InChI=1S/C19H34N4O3S/c1-17(24)22-13-18(14-22)5-9-21(10-6-18)11-12-27(25,26)23-15-19(16-23)3-7-20(2)8-4-19/h3-16H2,1-2H3. The van der Waals surface area contributed by atoms with Gasteiger partial charge in [0.05, 0.1) is 5.75 Å². The Morgan fingerprint density at radius 2 is 1.41 bits per heavy atom. The molecule has 4 aliphatic heterocycles. The summed E-state index contributed by atoms with van der Waals surface area (Å²) in [6.07, 6.45) is 4.41. The zero-order chi connectivity index (χ0) is 19.3. The van der Waals surface area contributed by atoms with Gasteiger partial charge in [0.2, 0.25) is 15.9 Å². The van der Waals surface area contributed by atoms with Crippen molar-refractivity contribution >= 4 is 15.9 Å². The van der Waals surface area contributed by atoms with Crippen molar-refractivity contribution in [1.82, 2.24) is 19.0 Å². The van der Waals surface area contributed by atoms with Crippen LogP contribution in [0.3, 0.4) is 0 Å². The highest BCUT2D eigenvalue weighted by Crippen LogP contribution is 2.42. The molecule has 0 aromatic rings. The number of likely N-dealkylation sites (tertiary alicyclic amines) is 3. The number of amides is 1. The molecule has 4 fully saturated rings. The number of carbonyl (C=O) groups is 1. The van der Waals surface area contributed by atoms with Crippen LogP contribution in [0.5, 0.6) is 0 Å². The van der Waals surface area contributed by atoms with Crippen molar-refractivity contribution in [2.75, 3.05) is 71.7 Å². The van der Waals surface area contributed by atoms with Crippen molar-refractivity contribution in [3.63, 3.8) is 0 Å². The number of rotatable bonds is 4. The molecule has 0 saturated carbocycles. The minimum absolute atomic E-state index is 0.172. The van der Waals surface area contributed by atoms with Gasteiger partial charge in [-0.3, -0.25) is 4.79 Å². The van der Waals surface area contributed by atoms with Gasteiger partial charge in [-0.1, -0.05) is 0 Å². The lowest BCUT2D eigenvalue weighted by Crippen LogP contribution is -2.63. The van der Waals surface area contributed by atoms with Crippen LogP contribution in [-0.4, -0.2) is 105 Å². The van der Waals surface area contributed by atoms with Crippen molar-refractivity contribution < 1.29 is 13.2 Å². The van der Waals surface area contributed by atoms with Crippen molar-refractivity contribution in [1.29, 1.82) is 0 Å². The maximum absolute atomic E-state index is 12.7. The third-order valence-electron chi connectivity index (χ3n) is 7.54. The predicted octanol–water partition coefficient (Wildman–Crippen LogP) is 0.288. The van der Waals surface area contributed by atoms with Crippen LogP contribution in [-0.2, 0) is 14.8 Å². The van der Waals surface area contributed by atoms with E-state index in [1.807, 2.05) is 4.90 Å². The Morgan fingerprint density at radius 3 is 1.96 bits per heavy atom. The zero-order valence-electron chi connectivity index (χ0n) is 16.8. The summed E-state index contributed by atoms with van der Waals surface area (Å²) in [5.74, 6) is 0.418. The van der Waals surface area contributed by atoms with Gasteiger partial charge in [0, 0.05) is 50.5 Å². The topological polar surface area (TPSA) is 64.2 Å². The van der Waals surface area contributed by atoms with Crippen molar-refractivity contribution in [3.05, 3.63) is 0 Å². The molecular formula is C19H34N4O3S. The first-order valence-corrected chi connectivity index (χ1v) is 12.0. The molecule has 0 aromatic heterocycles. The van der Waals surface area contributed by atoms with E-state index in [1.165, 1.54) is 0 Å². The molecule has 0 atom stereocenters. The number of hydrogen-bond acceptors (Lipinski definition) is 5. The maximum Gasteiger partial charge on any atom is 0.219 e. The molecule has 27 heavy (non-hydrogen) atoms. The normalized spacial score (nSPS) is 28.9. The Balaban J connectivity index is 1.19. The molecule has 4 heterocycles. The van der Waals surface area contributed by atoms with E-state index in [2.05, 4.69) is 16.8 Å². The van der Waals surface area contributed by atoms with Gasteiger partial charge in [0.15, 0.2) is 0 Å². The van der Waals surface area contributed by atoms with Gasteiger partial charge in [-0.25, -0.2) is 12.7 Å². The second-order valence-electron chi connectivity index (χ2n) is 9.60. The Bertz CT molecular complexity index is 663. The molecule has 1 amide bonds. The molecule has 8 heteroatoms. The van der Waals surface area contributed by atoms with Crippen molar-refractivity contribution in [2.45, 2.75) is 32.6 Å². The van der Waals surface area contributed by atoms with Crippen LogP contribution in [0.1, 0.15) is 32.6 Å². The molecule has 0 unspecified atom stereocenters. The van der Waals surface area contributed by atoms with Gasteiger partial charge in [0.1, 0.15) is 0 Å². The summed E-state index contributed by atoms with van der Waals surface area (Å²) in [5.41, 5.74) is 0.558. The highest BCUT2D eigenvalue weighted by Gasteiger charge is 2.49. The fourth-order valence-electron chi connectivity index (χ4n) is 5.23. The van der Waals surface area contributed by atoms with E-state index in [9.17, 15) is 13.2 Å². The third-order valence-corrected chi connectivity index (χ3v) is 9.29. The first-order chi connectivity index (χ1) is 12.7. The Hall–Kier alpha value is -0.700. The van der Waals surface area contributed by atoms with Crippen LogP contribution in [0.25, 0.3) is 0 Å². The van der Waals surface area contributed by atoms with E-state index in [1.54, 1.807) is 11.2 Å². The average molecular weight is 399 g/mol. The fourth-order valence-corrected chi connectivity index (χ4v) is 6.92. The summed E-state index contributed by atoms with van der Waals surface area (Å²) in [4.78, 5) is 17.9. The molecule has 0 aromatic carbocycles. The molecule has 4 rings (SSSR count). The van der Waals surface area contributed by atoms with Gasteiger partial charge in [0.25, 0.3) is 0 Å². The Kier molecular flexibility index (Phi) is 5.06. The van der Waals surface area contributed by atoms with Crippen molar-refractivity contribution in [2.24, 2.45) is 10.8 Å². The molecule has 0 bridgehead atoms. The predicted molar refractivity (Wildman–Crippen MR) is 105 cm³/mol. The fraction of sp³-hybridized carbons (Fsp3) is 0.947. The maximum atomic E-state index is 12.7. The number of nitrogens with zero attached hydrogens (tertiary/aromatic N) is 4. The molecule has 7 nitrogen and oxygen atoms in total. The van der Waals surface area contributed by atoms with Crippen LogP contribution in [0.2, 0.25) is 0 Å². The Labute approximate surface area is 163 Å². The second-order valence-corrected chi connectivity index (χ2v) is 11.7. The highest BCUT2D eigenvalue weighted by molar-refractivity contribution is 7.89.